The van der Waals surface area contributed by atoms with Crippen molar-refractivity contribution in [3.8, 4) is 17.4 Å². The Balaban J connectivity index is 1.65. The van der Waals surface area contributed by atoms with Gasteiger partial charge in [0.1, 0.15) is 19.8 Å². The third-order valence-corrected chi connectivity index (χ3v) is 4.94. The average molecular weight is 409 g/mol. The smallest absolute Gasteiger partial charge is 0.258 e. The highest BCUT2D eigenvalue weighted by molar-refractivity contribution is 5.91. The van der Waals surface area contributed by atoms with Crippen LogP contribution in [0.3, 0.4) is 0 Å². The molecule has 1 aliphatic rings. The number of amides is 1. The summed E-state index contributed by atoms with van der Waals surface area (Å²) in [4.78, 5) is 30.3. The number of anilines is 1. The summed E-state index contributed by atoms with van der Waals surface area (Å²) >= 11 is 0. The third kappa shape index (κ3) is 3.66. The van der Waals surface area contributed by atoms with Crippen LogP contribution >= 0.6 is 0 Å². The fourth-order valence-corrected chi connectivity index (χ4v) is 3.34. The van der Waals surface area contributed by atoms with Crippen LogP contribution in [0, 0.1) is 27.7 Å². The predicted octanol–water partition coefficient (Wildman–Crippen LogP) is 2.07. The molecule has 30 heavy (non-hydrogen) atoms. The molecule has 0 radical (unpaired) electrons. The number of hydrogen-bond donors (Lipinski definition) is 1. The number of aromatic nitrogens is 4. The van der Waals surface area contributed by atoms with Crippen molar-refractivity contribution >= 4 is 11.6 Å². The Bertz CT molecular complexity index is 1190. The van der Waals surface area contributed by atoms with E-state index in [1.54, 1.807) is 36.7 Å². The van der Waals surface area contributed by atoms with Gasteiger partial charge in [0.05, 0.1) is 5.69 Å². The second kappa shape index (κ2) is 7.66. The van der Waals surface area contributed by atoms with Crippen LogP contribution in [0.25, 0.3) is 5.95 Å². The molecule has 0 fully saturated rings. The summed E-state index contributed by atoms with van der Waals surface area (Å²) in [5.41, 5.74) is 3.00. The molecule has 9 nitrogen and oxygen atoms in total. The number of carbonyl (C=O) groups excluding carboxylic acids is 1. The monoisotopic (exact) mass is 409 g/mol. The number of nitrogens with zero attached hydrogens (tertiary/aromatic N) is 4. The van der Waals surface area contributed by atoms with E-state index in [-0.39, 0.29) is 18.0 Å². The predicted molar refractivity (Wildman–Crippen MR) is 111 cm³/mol. The molecule has 0 saturated carbocycles. The standard InChI is InChI=1S/C21H23N5O4/c1-12-9-13(2)26(24-12)21-22-15(4)14(3)20(28)25(21)11-19(27)23-16-5-6-17-18(10-16)30-8-7-29-17/h5-6,9-10H,7-8,11H2,1-4H3,(H,23,27). The summed E-state index contributed by atoms with van der Waals surface area (Å²) in [7, 11) is 0. The van der Waals surface area contributed by atoms with Crippen molar-refractivity contribution in [1.29, 1.82) is 0 Å². The lowest BCUT2D eigenvalue weighted by atomic mass is 10.2. The largest absolute Gasteiger partial charge is 0.486 e. The summed E-state index contributed by atoms with van der Waals surface area (Å²) in [6.07, 6.45) is 0. The zero-order valence-corrected chi connectivity index (χ0v) is 17.4. The first-order valence-electron chi connectivity index (χ1n) is 9.64. The fraction of sp³-hybridized carbons (Fsp3) is 0.333. The van der Waals surface area contributed by atoms with Crippen LogP contribution in [-0.2, 0) is 11.3 Å². The average Bonchev–Trinajstić information content (AvgIpc) is 3.06. The van der Waals surface area contributed by atoms with Gasteiger partial charge in [0.25, 0.3) is 5.56 Å². The second-order valence-corrected chi connectivity index (χ2v) is 7.26. The maximum atomic E-state index is 12.9. The van der Waals surface area contributed by atoms with Crippen molar-refractivity contribution in [3.05, 3.63) is 57.3 Å². The number of benzene rings is 1. The third-order valence-electron chi connectivity index (χ3n) is 4.94. The van der Waals surface area contributed by atoms with E-state index in [2.05, 4.69) is 15.4 Å². The van der Waals surface area contributed by atoms with E-state index in [1.165, 1.54) is 4.57 Å². The highest BCUT2D eigenvalue weighted by Crippen LogP contribution is 2.32. The van der Waals surface area contributed by atoms with E-state index >= 15 is 0 Å². The van der Waals surface area contributed by atoms with Crippen LogP contribution < -0.4 is 20.3 Å². The van der Waals surface area contributed by atoms with Gasteiger partial charge in [0, 0.05) is 28.7 Å². The molecule has 2 aromatic heterocycles. The molecule has 1 aliphatic heterocycles. The Morgan fingerprint density at radius 1 is 1.10 bits per heavy atom. The van der Waals surface area contributed by atoms with Crippen LogP contribution in [0.4, 0.5) is 5.69 Å². The first-order valence-corrected chi connectivity index (χ1v) is 9.64. The molecule has 1 aromatic carbocycles. The van der Waals surface area contributed by atoms with Gasteiger partial charge in [-0.05, 0) is 45.9 Å². The molecule has 1 N–H and O–H groups in total. The first-order chi connectivity index (χ1) is 14.3. The van der Waals surface area contributed by atoms with E-state index in [0.717, 1.165) is 11.4 Å². The fourth-order valence-electron chi connectivity index (χ4n) is 3.34. The lowest BCUT2D eigenvalue weighted by Gasteiger charge is -2.19. The minimum Gasteiger partial charge on any atom is -0.486 e. The normalized spacial score (nSPS) is 12.7. The van der Waals surface area contributed by atoms with Crippen molar-refractivity contribution in [3.63, 3.8) is 0 Å². The van der Waals surface area contributed by atoms with Gasteiger partial charge < -0.3 is 14.8 Å². The van der Waals surface area contributed by atoms with Crippen LogP contribution in [0.2, 0.25) is 0 Å². The summed E-state index contributed by atoms with van der Waals surface area (Å²) in [6.45, 7) is 7.96. The SMILES string of the molecule is Cc1cc(C)n(-c2nc(C)c(C)c(=O)n2CC(=O)Nc2ccc3c(c2)OCCO3)n1. The number of carbonyl (C=O) groups is 1. The van der Waals surface area contributed by atoms with Crippen molar-refractivity contribution in [2.75, 3.05) is 18.5 Å². The van der Waals surface area contributed by atoms with Crippen molar-refractivity contribution in [2.24, 2.45) is 0 Å². The van der Waals surface area contributed by atoms with E-state index < -0.39 is 0 Å². The molecule has 1 amide bonds. The van der Waals surface area contributed by atoms with Gasteiger partial charge in [-0.15, -0.1) is 0 Å². The second-order valence-electron chi connectivity index (χ2n) is 7.26. The van der Waals surface area contributed by atoms with Crippen molar-refractivity contribution in [2.45, 2.75) is 34.2 Å². The molecule has 0 bridgehead atoms. The number of hydrogen-bond acceptors (Lipinski definition) is 6. The molecule has 156 valence electrons. The Kier molecular flexibility index (Phi) is 5.03. The zero-order chi connectivity index (χ0) is 21.4. The zero-order valence-electron chi connectivity index (χ0n) is 17.4. The Morgan fingerprint density at radius 2 is 1.83 bits per heavy atom. The molecule has 3 aromatic rings. The molecule has 0 atom stereocenters. The number of aryl methyl sites for hydroxylation is 3. The number of ether oxygens (including phenoxy) is 2. The molecule has 0 unspecified atom stereocenters. The summed E-state index contributed by atoms with van der Waals surface area (Å²) in [5.74, 6) is 1.17. The van der Waals surface area contributed by atoms with Crippen molar-refractivity contribution < 1.29 is 14.3 Å². The van der Waals surface area contributed by atoms with E-state index in [4.69, 9.17) is 9.47 Å². The Hall–Kier alpha value is -3.62. The first kappa shape index (κ1) is 19.7. The van der Waals surface area contributed by atoms with Gasteiger partial charge in [-0.25, -0.2) is 9.67 Å². The minimum absolute atomic E-state index is 0.199. The molecule has 0 saturated heterocycles. The van der Waals surface area contributed by atoms with Crippen LogP contribution in [0.5, 0.6) is 11.5 Å². The molecule has 0 spiro atoms. The molecular weight excluding hydrogens is 386 g/mol. The lowest BCUT2D eigenvalue weighted by molar-refractivity contribution is -0.116. The minimum atomic E-state index is -0.360. The molecule has 4 rings (SSSR count). The maximum Gasteiger partial charge on any atom is 0.258 e. The van der Waals surface area contributed by atoms with Gasteiger partial charge in [0.15, 0.2) is 11.5 Å². The lowest BCUT2D eigenvalue weighted by Crippen LogP contribution is -2.33. The van der Waals surface area contributed by atoms with E-state index in [1.807, 2.05) is 19.9 Å². The number of fused-ring (bicyclic) bond motifs is 1. The van der Waals surface area contributed by atoms with E-state index in [0.29, 0.717) is 47.6 Å². The number of nitrogens with one attached hydrogen (secondary N) is 1. The molecule has 9 heteroatoms. The number of rotatable bonds is 4. The van der Waals surface area contributed by atoms with Gasteiger partial charge in [-0.2, -0.15) is 5.10 Å². The van der Waals surface area contributed by atoms with Gasteiger partial charge in [-0.3, -0.25) is 14.2 Å². The van der Waals surface area contributed by atoms with Crippen LogP contribution in [-0.4, -0.2) is 38.5 Å². The van der Waals surface area contributed by atoms with Crippen LogP contribution in [0.15, 0.2) is 29.1 Å². The summed E-state index contributed by atoms with van der Waals surface area (Å²) in [6, 6.07) is 7.07. The highest BCUT2D eigenvalue weighted by atomic mass is 16.6. The molecule has 0 aliphatic carbocycles. The van der Waals surface area contributed by atoms with Gasteiger partial charge in [0.2, 0.25) is 11.9 Å². The van der Waals surface area contributed by atoms with Gasteiger partial charge >= 0.3 is 0 Å². The summed E-state index contributed by atoms with van der Waals surface area (Å²) < 4.78 is 14.0. The molecule has 3 heterocycles. The Labute approximate surface area is 173 Å². The maximum absolute atomic E-state index is 12.9. The van der Waals surface area contributed by atoms with Gasteiger partial charge in [-0.1, -0.05) is 0 Å². The summed E-state index contributed by atoms with van der Waals surface area (Å²) in [5, 5.41) is 7.23. The Morgan fingerprint density at radius 3 is 2.53 bits per heavy atom. The topological polar surface area (TPSA) is 100 Å². The molecular formula is C21H23N5O4. The van der Waals surface area contributed by atoms with Crippen molar-refractivity contribution in [1.82, 2.24) is 19.3 Å². The quantitative estimate of drug-likeness (QED) is 0.708. The van der Waals surface area contributed by atoms with E-state index in [9.17, 15) is 9.59 Å². The highest BCUT2D eigenvalue weighted by Gasteiger charge is 2.19. The van der Waals surface area contributed by atoms with Crippen LogP contribution in [0.1, 0.15) is 22.6 Å².